The lowest BCUT2D eigenvalue weighted by atomic mass is 10.0. The number of hydrogen-bond acceptors (Lipinski definition) is 5. The normalized spacial score (nSPS) is 18.0. The minimum atomic E-state index is -0.904. The summed E-state index contributed by atoms with van der Waals surface area (Å²) in [6.45, 7) is 1.05. The molecule has 4 heterocycles. The van der Waals surface area contributed by atoms with Crippen molar-refractivity contribution in [3.8, 4) is 11.5 Å². The Morgan fingerprint density at radius 2 is 2.35 bits per heavy atom. The Morgan fingerprint density at radius 3 is 3.13 bits per heavy atom. The van der Waals surface area contributed by atoms with E-state index >= 15 is 0 Å². The van der Waals surface area contributed by atoms with Crippen LogP contribution >= 0.6 is 0 Å². The minimum absolute atomic E-state index is 0.414. The van der Waals surface area contributed by atoms with Gasteiger partial charge in [-0.05, 0) is 18.2 Å². The first kappa shape index (κ1) is 13.8. The summed E-state index contributed by atoms with van der Waals surface area (Å²) < 4.78 is 5.79. The van der Waals surface area contributed by atoms with Crippen LogP contribution in [-0.2, 0) is 17.8 Å². The number of aliphatic carboxylic acids is 1. The Morgan fingerprint density at radius 1 is 1.43 bits per heavy atom. The lowest BCUT2D eigenvalue weighted by Gasteiger charge is -2.31. The van der Waals surface area contributed by atoms with E-state index in [4.69, 9.17) is 4.42 Å². The van der Waals surface area contributed by atoms with Crippen LogP contribution in [0.4, 0.5) is 0 Å². The molecule has 1 aliphatic heterocycles. The van der Waals surface area contributed by atoms with Crippen LogP contribution in [0.2, 0.25) is 0 Å². The van der Waals surface area contributed by atoms with E-state index in [1.807, 2.05) is 23.1 Å². The highest BCUT2D eigenvalue weighted by Crippen LogP contribution is 2.30. The van der Waals surface area contributed by atoms with Gasteiger partial charge in [0.15, 0.2) is 11.8 Å². The number of furan rings is 1. The molecule has 1 atom stereocenters. The van der Waals surface area contributed by atoms with Crippen LogP contribution in [0.5, 0.6) is 0 Å². The number of nitrogens with one attached hydrogen (secondary N) is 2. The minimum Gasteiger partial charge on any atom is -0.480 e. The number of H-pyrrole nitrogens is 2. The molecule has 8 nitrogen and oxygen atoms in total. The van der Waals surface area contributed by atoms with E-state index in [1.165, 1.54) is 0 Å². The van der Waals surface area contributed by atoms with E-state index in [9.17, 15) is 9.90 Å². The molecule has 0 spiro atoms. The number of imidazole rings is 1. The van der Waals surface area contributed by atoms with Gasteiger partial charge in [0.25, 0.3) is 0 Å². The monoisotopic (exact) mass is 313 g/mol. The zero-order valence-corrected chi connectivity index (χ0v) is 12.2. The third-order valence-electron chi connectivity index (χ3n) is 4.05. The fourth-order valence-corrected chi connectivity index (χ4v) is 2.97. The van der Waals surface area contributed by atoms with Gasteiger partial charge in [0.05, 0.1) is 18.6 Å². The van der Waals surface area contributed by atoms with Crippen molar-refractivity contribution in [3.05, 3.63) is 47.9 Å². The van der Waals surface area contributed by atoms with Crippen LogP contribution in [-0.4, -0.2) is 42.7 Å². The number of rotatable bonds is 4. The number of carbonyl (C=O) groups is 1. The molecule has 0 amide bonds. The SMILES string of the molecule is O=C(O)C1c2nc[nH]c2CCN1Cc1ccc(-c2ccn[nH]2)o1. The maximum atomic E-state index is 11.7. The third kappa shape index (κ3) is 2.42. The molecule has 3 N–H and O–H groups in total. The van der Waals surface area contributed by atoms with Gasteiger partial charge in [-0.25, -0.2) is 4.98 Å². The molecule has 1 aliphatic rings. The number of aromatic amines is 2. The molecule has 0 saturated heterocycles. The molecular weight excluding hydrogens is 298 g/mol. The molecule has 8 heteroatoms. The summed E-state index contributed by atoms with van der Waals surface area (Å²) in [4.78, 5) is 20.7. The lowest BCUT2D eigenvalue weighted by Crippen LogP contribution is -2.39. The predicted molar refractivity (Wildman–Crippen MR) is 79.4 cm³/mol. The van der Waals surface area contributed by atoms with Gasteiger partial charge in [0.1, 0.15) is 11.5 Å². The molecule has 0 bridgehead atoms. The summed E-state index contributed by atoms with van der Waals surface area (Å²) in [5, 5.41) is 16.3. The Balaban J connectivity index is 1.58. The molecule has 0 aromatic carbocycles. The fraction of sp³-hybridized carbons (Fsp3) is 0.267. The maximum absolute atomic E-state index is 11.7. The van der Waals surface area contributed by atoms with Crippen molar-refractivity contribution in [1.29, 1.82) is 0 Å². The Labute approximate surface area is 131 Å². The first-order valence-electron chi connectivity index (χ1n) is 7.30. The van der Waals surface area contributed by atoms with Gasteiger partial charge in [0.2, 0.25) is 0 Å². The number of fused-ring (bicyclic) bond motifs is 1. The standard InChI is InChI=1S/C15H15N5O3/c21-15(22)14-13-11(16-8-17-13)4-6-20(14)7-9-1-2-12(23-9)10-3-5-18-19-10/h1-3,5,8,14H,4,6-7H2,(H,16,17)(H,18,19)(H,21,22). The molecule has 0 saturated carbocycles. The average molecular weight is 313 g/mol. The first-order valence-corrected chi connectivity index (χ1v) is 7.30. The highest BCUT2D eigenvalue weighted by molar-refractivity contribution is 5.75. The number of carboxylic acid groups (broad SMARTS) is 1. The number of nitrogens with zero attached hydrogens (tertiary/aromatic N) is 3. The van der Waals surface area contributed by atoms with Crippen LogP contribution in [0.1, 0.15) is 23.2 Å². The Bertz CT molecular complexity index is 820. The second-order valence-corrected chi connectivity index (χ2v) is 5.46. The van der Waals surface area contributed by atoms with Crippen molar-refractivity contribution >= 4 is 5.97 Å². The summed E-state index contributed by atoms with van der Waals surface area (Å²) in [6, 6.07) is 4.77. The van der Waals surface area contributed by atoms with Gasteiger partial charge in [0, 0.05) is 24.9 Å². The van der Waals surface area contributed by atoms with Gasteiger partial charge < -0.3 is 14.5 Å². The van der Waals surface area contributed by atoms with E-state index < -0.39 is 12.0 Å². The first-order chi connectivity index (χ1) is 11.2. The summed E-state index contributed by atoms with van der Waals surface area (Å²) >= 11 is 0. The van der Waals surface area contributed by atoms with Crippen LogP contribution in [0.3, 0.4) is 0 Å². The highest BCUT2D eigenvalue weighted by Gasteiger charge is 2.35. The molecule has 118 valence electrons. The zero-order valence-electron chi connectivity index (χ0n) is 12.2. The molecule has 0 aliphatic carbocycles. The van der Waals surface area contributed by atoms with Crippen LogP contribution in [0.25, 0.3) is 11.5 Å². The molecule has 1 unspecified atom stereocenters. The zero-order chi connectivity index (χ0) is 15.8. The van der Waals surface area contributed by atoms with Crippen molar-refractivity contribution in [1.82, 2.24) is 25.1 Å². The van der Waals surface area contributed by atoms with Gasteiger partial charge in [-0.1, -0.05) is 0 Å². The van der Waals surface area contributed by atoms with E-state index in [0.29, 0.717) is 30.3 Å². The highest BCUT2D eigenvalue weighted by atomic mass is 16.4. The quantitative estimate of drug-likeness (QED) is 0.674. The molecule has 0 fully saturated rings. The van der Waals surface area contributed by atoms with E-state index in [2.05, 4.69) is 20.2 Å². The second-order valence-electron chi connectivity index (χ2n) is 5.46. The van der Waals surface area contributed by atoms with E-state index in [0.717, 1.165) is 17.8 Å². The number of hydrogen-bond donors (Lipinski definition) is 3. The van der Waals surface area contributed by atoms with Gasteiger partial charge in [-0.15, -0.1) is 0 Å². The van der Waals surface area contributed by atoms with Gasteiger partial charge >= 0.3 is 5.97 Å². The van der Waals surface area contributed by atoms with E-state index in [-0.39, 0.29) is 0 Å². The summed E-state index contributed by atoms with van der Waals surface area (Å²) in [7, 11) is 0. The van der Waals surface area contributed by atoms with Crippen molar-refractivity contribution in [2.75, 3.05) is 6.54 Å². The van der Waals surface area contributed by atoms with Gasteiger partial charge in [-0.3, -0.25) is 14.8 Å². The van der Waals surface area contributed by atoms with E-state index in [1.54, 1.807) is 12.5 Å². The summed E-state index contributed by atoms with van der Waals surface area (Å²) in [5.41, 5.74) is 2.27. The number of aromatic nitrogens is 4. The topological polar surface area (TPSA) is 111 Å². The molecule has 3 aromatic rings. The molecule has 3 aromatic heterocycles. The Hall–Kier alpha value is -2.87. The van der Waals surface area contributed by atoms with Crippen molar-refractivity contribution in [2.24, 2.45) is 0 Å². The van der Waals surface area contributed by atoms with Crippen molar-refractivity contribution < 1.29 is 14.3 Å². The summed E-state index contributed by atoms with van der Waals surface area (Å²) in [6.07, 6.45) is 3.95. The van der Waals surface area contributed by atoms with Crippen molar-refractivity contribution in [3.63, 3.8) is 0 Å². The average Bonchev–Trinajstić information content (AvgIpc) is 3.27. The second kappa shape index (κ2) is 5.40. The molecule has 4 rings (SSSR count). The molecular formula is C15H15N5O3. The third-order valence-corrected chi connectivity index (χ3v) is 4.05. The lowest BCUT2D eigenvalue weighted by molar-refractivity contribution is -0.144. The van der Waals surface area contributed by atoms with Crippen molar-refractivity contribution in [2.45, 2.75) is 19.0 Å². The summed E-state index contributed by atoms with van der Waals surface area (Å²) in [5.74, 6) is 0.486. The Kier molecular flexibility index (Phi) is 3.23. The van der Waals surface area contributed by atoms with Crippen LogP contribution in [0, 0.1) is 0 Å². The largest absolute Gasteiger partial charge is 0.480 e. The molecule has 23 heavy (non-hydrogen) atoms. The number of carboxylic acids is 1. The molecule has 0 radical (unpaired) electrons. The predicted octanol–water partition coefficient (Wildman–Crippen LogP) is 1.58. The fourth-order valence-electron chi connectivity index (χ4n) is 2.97. The maximum Gasteiger partial charge on any atom is 0.327 e. The van der Waals surface area contributed by atoms with Gasteiger partial charge in [-0.2, -0.15) is 5.10 Å². The smallest absolute Gasteiger partial charge is 0.327 e. The van der Waals surface area contributed by atoms with Crippen LogP contribution in [0.15, 0.2) is 35.1 Å². The van der Waals surface area contributed by atoms with Crippen LogP contribution < -0.4 is 0 Å².